The zero-order valence-corrected chi connectivity index (χ0v) is 6.75. The van der Waals surface area contributed by atoms with Gasteiger partial charge in [-0.3, -0.25) is 0 Å². The number of imidazole rings is 1. The molecule has 0 amide bonds. The summed E-state index contributed by atoms with van der Waals surface area (Å²) >= 11 is 0. The van der Waals surface area contributed by atoms with Gasteiger partial charge in [0.15, 0.2) is 0 Å². The Hall–Kier alpha value is -0.830. The summed E-state index contributed by atoms with van der Waals surface area (Å²) in [7, 11) is 0. The van der Waals surface area contributed by atoms with Crippen molar-refractivity contribution in [3.63, 3.8) is 0 Å². The summed E-state index contributed by atoms with van der Waals surface area (Å²) < 4.78 is 0. The molecule has 1 atom stereocenters. The van der Waals surface area contributed by atoms with Crippen molar-refractivity contribution in [3.05, 3.63) is 18.2 Å². The molecule has 0 bridgehead atoms. The summed E-state index contributed by atoms with van der Waals surface area (Å²) in [6, 6.07) is 0. The lowest BCUT2D eigenvalue weighted by atomic mass is 10.1. The first-order valence-corrected chi connectivity index (χ1v) is 4.02. The molecule has 0 spiro atoms. The van der Waals surface area contributed by atoms with E-state index in [-0.39, 0.29) is 0 Å². The van der Waals surface area contributed by atoms with Gasteiger partial charge >= 0.3 is 0 Å². The van der Waals surface area contributed by atoms with Crippen molar-refractivity contribution in [2.45, 2.75) is 32.3 Å². The Morgan fingerprint density at radius 3 is 3.09 bits per heavy atom. The number of nitrogens with one attached hydrogen (secondary N) is 1. The van der Waals surface area contributed by atoms with Gasteiger partial charge in [0.05, 0.1) is 0 Å². The lowest BCUT2D eigenvalue weighted by Gasteiger charge is -2.04. The molecule has 0 saturated heterocycles. The lowest BCUT2D eigenvalue weighted by Crippen LogP contribution is -1.98. The van der Waals surface area contributed by atoms with Crippen molar-refractivity contribution in [1.29, 1.82) is 0 Å². The highest BCUT2D eigenvalue weighted by molar-refractivity contribution is 4.91. The average Bonchev–Trinajstić information content (AvgIpc) is 2.52. The molecule has 3 nitrogen and oxygen atoms in total. The second-order valence-electron chi connectivity index (χ2n) is 2.63. The molecule has 0 aliphatic rings. The van der Waals surface area contributed by atoms with Crippen LogP contribution in [0.25, 0.3) is 0 Å². The van der Waals surface area contributed by atoms with Crippen LogP contribution in [0.1, 0.15) is 38.1 Å². The van der Waals surface area contributed by atoms with Gasteiger partial charge in [0.1, 0.15) is 11.9 Å². The van der Waals surface area contributed by atoms with E-state index in [0.717, 1.165) is 19.3 Å². The van der Waals surface area contributed by atoms with Gasteiger partial charge in [-0.05, 0) is 6.42 Å². The van der Waals surface area contributed by atoms with Crippen LogP contribution in [0.4, 0.5) is 0 Å². The number of hydrogen-bond acceptors (Lipinski definition) is 2. The normalized spacial score (nSPS) is 13.3. The molecule has 0 aliphatic heterocycles. The minimum absolute atomic E-state index is 0.412. The standard InChI is InChI=1S/C8H14N2O/c1-2-3-4-7(11)8-9-5-6-10-8/h5-7,11H,2-4H2,1H3,(H,9,10). The van der Waals surface area contributed by atoms with Crippen LogP contribution in [-0.2, 0) is 0 Å². The number of aliphatic hydroxyl groups excluding tert-OH is 1. The summed E-state index contributed by atoms with van der Waals surface area (Å²) in [6.45, 7) is 2.11. The first kappa shape index (κ1) is 8.27. The number of rotatable bonds is 4. The molecule has 0 aliphatic carbocycles. The van der Waals surface area contributed by atoms with Gasteiger partial charge in [-0.2, -0.15) is 0 Å². The minimum Gasteiger partial charge on any atom is -0.385 e. The summed E-state index contributed by atoms with van der Waals surface area (Å²) in [5.41, 5.74) is 0. The molecule has 1 unspecified atom stereocenters. The molecule has 62 valence electrons. The number of hydrogen-bond donors (Lipinski definition) is 2. The quantitative estimate of drug-likeness (QED) is 0.692. The number of aromatic amines is 1. The van der Waals surface area contributed by atoms with E-state index in [1.807, 2.05) is 0 Å². The fourth-order valence-corrected chi connectivity index (χ4v) is 0.994. The molecule has 3 heteroatoms. The molecule has 1 aromatic rings. The number of H-pyrrole nitrogens is 1. The van der Waals surface area contributed by atoms with Gasteiger partial charge in [-0.15, -0.1) is 0 Å². The van der Waals surface area contributed by atoms with Crippen molar-refractivity contribution < 1.29 is 5.11 Å². The van der Waals surface area contributed by atoms with Crippen molar-refractivity contribution in [2.75, 3.05) is 0 Å². The van der Waals surface area contributed by atoms with E-state index in [1.54, 1.807) is 12.4 Å². The zero-order valence-electron chi connectivity index (χ0n) is 6.75. The van der Waals surface area contributed by atoms with Crippen molar-refractivity contribution in [3.8, 4) is 0 Å². The first-order chi connectivity index (χ1) is 5.34. The third-order valence-electron chi connectivity index (χ3n) is 1.67. The fraction of sp³-hybridized carbons (Fsp3) is 0.625. The van der Waals surface area contributed by atoms with Crippen LogP contribution in [-0.4, -0.2) is 15.1 Å². The van der Waals surface area contributed by atoms with E-state index in [2.05, 4.69) is 16.9 Å². The van der Waals surface area contributed by atoms with Crippen molar-refractivity contribution in [2.24, 2.45) is 0 Å². The summed E-state index contributed by atoms with van der Waals surface area (Å²) in [6.07, 6.45) is 5.92. The molecule has 0 aromatic carbocycles. The third-order valence-corrected chi connectivity index (χ3v) is 1.67. The second kappa shape index (κ2) is 4.13. The summed E-state index contributed by atoms with van der Waals surface area (Å²) in [4.78, 5) is 6.85. The number of unbranched alkanes of at least 4 members (excludes halogenated alkanes) is 1. The number of nitrogens with zero attached hydrogens (tertiary/aromatic N) is 1. The second-order valence-corrected chi connectivity index (χ2v) is 2.63. The third kappa shape index (κ3) is 2.35. The Morgan fingerprint density at radius 1 is 1.73 bits per heavy atom. The molecule has 0 radical (unpaired) electrons. The monoisotopic (exact) mass is 154 g/mol. The number of aliphatic hydroxyl groups is 1. The van der Waals surface area contributed by atoms with E-state index >= 15 is 0 Å². The lowest BCUT2D eigenvalue weighted by molar-refractivity contribution is 0.155. The van der Waals surface area contributed by atoms with Gasteiger partial charge in [0.25, 0.3) is 0 Å². The topological polar surface area (TPSA) is 48.9 Å². The smallest absolute Gasteiger partial charge is 0.134 e. The molecule has 1 rings (SSSR count). The minimum atomic E-state index is -0.412. The molecule has 2 N–H and O–H groups in total. The highest BCUT2D eigenvalue weighted by atomic mass is 16.3. The van der Waals surface area contributed by atoms with E-state index in [1.165, 1.54) is 0 Å². The average molecular weight is 154 g/mol. The van der Waals surface area contributed by atoms with Crippen molar-refractivity contribution in [1.82, 2.24) is 9.97 Å². The predicted octanol–water partition coefficient (Wildman–Crippen LogP) is 1.63. The molecule has 1 heterocycles. The summed E-state index contributed by atoms with van der Waals surface area (Å²) in [5.74, 6) is 0.679. The maximum Gasteiger partial charge on any atom is 0.134 e. The van der Waals surface area contributed by atoms with Gasteiger partial charge < -0.3 is 10.1 Å². The predicted molar refractivity (Wildman–Crippen MR) is 43.1 cm³/mol. The van der Waals surface area contributed by atoms with Crippen LogP contribution in [0.2, 0.25) is 0 Å². The Balaban J connectivity index is 2.36. The molecular weight excluding hydrogens is 140 g/mol. The molecule has 1 aromatic heterocycles. The first-order valence-electron chi connectivity index (χ1n) is 4.02. The SMILES string of the molecule is CCCCC(O)c1ncc[nH]1. The Bertz CT molecular complexity index is 184. The Morgan fingerprint density at radius 2 is 2.55 bits per heavy atom. The Labute approximate surface area is 66.5 Å². The van der Waals surface area contributed by atoms with E-state index in [9.17, 15) is 5.11 Å². The molecule has 11 heavy (non-hydrogen) atoms. The van der Waals surface area contributed by atoms with Crippen LogP contribution < -0.4 is 0 Å². The van der Waals surface area contributed by atoms with Gasteiger partial charge in [0.2, 0.25) is 0 Å². The largest absolute Gasteiger partial charge is 0.385 e. The highest BCUT2D eigenvalue weighted by Crippen LogP contribution is 2.14. The van der Waals surface area contributed by atoms with Crippen LogP contribution >= 0.6 is 0 Å². The maximum atomic E-state index is 9.45. The van der Waals surface area contributed by atoms with Gasteiger partial charge in [0, 0.05) is 12.4 Å². The molecule has 0 saturated carbocycles. The van der Waals surface area contributed by atoms with E-state index < -0.39 is 6.10 Å². The molecular formula is C8H14N2O. The van der Waals surface area contributed by atoms with Crippen molar-refractivity contribution >= 4 is 0 Å². The van der Waals surface area contributed by atoms with Gasteiger partial charge in [-0.1, -0.05) is 19.8 Å². The van der Waals surface area contributed by atoms with Gasteiger partial charge in [-0.25, -0.2) is 4.98 Å². The van der Waals surface area contributed by atoms with Crippen LogP contribution in [0.15, 0.2) is 12.4 Å². The fourth-order valence-electron chi connectivity index (χ4n) is 0.994. The highest BCUT2D eigenvalue weighted by Gasteiger charge is 2.07. The summed E-state index contributed by atoms with van der Waals surface area (Å²) in [5, 5.41) is 9.45. The van der Waals surface area contributed by atoms with E-state index in [0.29, 0.717) is 5.82 Å². The maximum absolute atomic E-state index is 9.45. The molecule has 0 fully saturated rings. The Kier molecular flexibility index (Phi) is 3.11. The van der Waals surface area contributed by atoms with Crippen LogP contribution in [0.3, 0.4) is 0 Å². The van der Waals surface area contributed by atoms with Crippen LogP contribution in [0.5, 0.6) is 0 Å². The number of aromatic nitrogens is 2. The van der Waals surface area contributed by atoms with Crippen LogP contribution in [0, 0.1) is 0 Å². The van der Waals surface area contributed by atoms with E-state index in [4.69, 9.17) is 0 Å². The zero-order chi connectivity index (χ0) is 8.10.